The molecule has 0 saturated carbocycles. The van der Waals surface area contributed by atoms with E-state index in [4.69, 9.17) is 15.2 Å². The van der Waals surface area contributed by atoms with Crippen LogP contribution >= 0.6 is 0 Å². The summed E-state index contributed by atoms with van der Waals surface area (Å²) in [6.07, 6.45) is 2.12. The van der Waals surface area contributed by atoms with Gasteiger partial charge in [0.1, 0.15) is 11.6 Å². The van der Waals surface area contributed by atoms with Crippen molar-refractivity contribution in [1.82, 2.24) is 14.9 Å². The second kappa shape index (κ2) is 9.28. The highest BCUT2D eigenvalue weighted by Gasteiger charge is 2.21. The van der Waals surface area contributed by atoms with Crippen molar-refractivity contribution in [2.24, 2.45) is 5.73 Å². The molecule has 1 fully saturated rings. The Labute approximate surface area is 177 Å². The number of hydrogen-bond donors (Lipinski definition) is 2. The molecule has 2 heterocycles. The molecule has 2 aromatic carbocycles. The quantitative estimate of drug-likeness (QED) is 0.622. The highest BCUT2D eigenvalue weighted by molar-refractivity contribution is 5.92. The molecule has 7 heteroatoms. The van der Waals surface area contributed by atoms with Crippen LogP contribution in [0.1, 0.15) is 24.2 Å². The number of piperidine rings is 1. The molecule has 0 spiro atoms. The highest BCUT2D eigenvalue weighted by Crippen LogP contribution is 2.34. The van der Waals surface area contributed by atoms with Crippen LogP contribution in [0.5, 0.6) is 11.5 Å². The SMILES string of the molecule is COc1cc2nc(CN)nc(NC3CCN(Cc4ccccc4)CC3)c2cc1OC. The number of rotatable bonds is 7. The van der Waals surface area contributed by atoms with Gasteiger partial charge >= 0.3 is 0 Å². The van der Waals surface area contributed by atoms with Gasteiger partial charge in [-0.3, -0.25) is 4.90 Å². The van der Waals surface area contributed by atoms with Crippen LogP contribution in [0.25, 0.3) is 10.9 Å². The molecule has 0 bridgehead atoms. The summed E-state index contributed by atoms with van der Waals surface area (Å²) in [6.45, 7) is 3.39. The molecule has 1 aliphatic heterocycles. The molecule has 0 amide bonds. The zero-order chi connectivity index (χ0) is 20.9. The minimum absolute atomic E-state index is 0.286. The largest absolute Gasteiger partial charge is 0.493 e. The Morgan fingerprint density at radius 3 is 2.40 bits per heavy atom. The lowest BCUT2D eigenvalue weighted by molar-refractivity contribution is 0.211. The molecule has 1 saturated heterocycles. The summed E-state index contributed by atoms with van der Waals surface area (Å²) < 4.78 is 10.9. The number of methoxy groups -OCH3 is 2. The summed E-state index contributed by atoms with van der Waals surface area (Å²) in [6, 6.07) is 14.8. The fourth-order valence-electron chi connectivity index (χ4n) is 3.98. The van der Waals surface area contributed by atoms with Crippen LogP contribution in [0.4, 0.5) is 5.82 Å². The van der Waals surface area contributed by atoms with Crippen LogP contribution in [0, 0.1) is 0 Å². The smallest absolute Gasteiger partial charge is 0.162 e. The van der Waals surface area contributed by atoms with Gasteiger partial charge in [0, 0.05) is 37.1 Å². The van der Waals surface area contributed by atoms with Gasteiger partial charge in [0.05, 0.1) is 26.3 Å². The zero-order valence-corrected chi connectivity index (χ0v) is 17.6. The van der Waals surface area contributed by atoms with Gasteiger partial charge in [-0.1, -0.05) is 30.3 Å². The van der Waals surface area contributed by atoms with Gasteiger partial charge in [0.15, 0.2) is 11.5 Å². The summed E-state index contributed by atoms with van der Waals surface area (Å²) >= 11 is 0. The minimum Gasteiger partial charge on any atom is -0.493 e. The number of nitrogens with two attached hydrogens (primary N) is 1. The monoisotopic (exact) mass is 407 g/mol. The predicted octanol–water partition coefficient (Wildman–Crippen LogP) is 3.18. The van der Waals surface area contributed by atoms with E-state index < -0.39 is 0 Å². The average Bonchev–Trinajstić information content (AvgIpc) is 2.80. The molecule has 0 radical (unpaired) electrons. The third-order valence-electron chi connectivity index (χ3n) is 5.61. The molecule has 30 heavy (non-hydrogen) atoms. The van der Waals surface area contributed by atoms with Gasteiger partial charge < -0.3 is 20.5 Å². The van der Waals surface area contributed by atoms with Crippen molar-refractivity contribution in [2.75, 3.05) is 32.6 Å². The van der Waals surface area contributed by atoms with Gasteiger partial charge in [-0.05, 0) is 24.5 Å². The van der Waals surface area contributed by atoms with E-state index >= 15 is 0 Å². The Hall–Kier alpha value is -2.90. The average molecular weight is 408 g/mol. The Morgan fingerprint density at radius 1 is 1.03 bits per heavy atom. The molecule has 1 aromatic heterocycles. The lowest BCUT2D eigenvalue weighted by atomic mass is 10.0. The lowest BCUT2D eigenvalue weighted by Crippen LogP contribution is -2.38. The van der Waals surface area contributed by atoms with Crippen LogP contribution in [0.3, 0.4) is 0 Å². The van der Waals surface area contributed by atoms with E-state index in [1.54, 1.807) is 14.2 Å². The third-order valence-corrected chi connectivity index (χ3v) is 5.61. The lowest BCUT2D eigenvalue weighted by Gasteiger charge is -2.32. The summed E-state index contributed by atoms with van der Waals surface area (Å²) in [5, 5.41) is 4.56. The maximum Gasteiger partial charge on any atom is 0.162 e. The van der Waals surface area contributed by atoms with Crippen molar-refractivity contribution in [3.63, 3.8) is 0 Å². The van der Waals surface area contributed by atoms with Crippen molar-refractivity contribution >= 4 is 16.7 Å². The fraction of sp³-hybridized carbons (Fsp3) is 0.391. The van der Waals surface area contributed by atoms with Gasteiger partial charge in [-0.15, -0.1) is 0 Å². The fourth-order valence-corrected chi connectivity index (χ4v) is 3.98. The first-order valence-electron chi connectivity index (χ1n) is 10.4. The van der Waals surface area contributed by atoms with E-state index in [1.807, 2.05) is 12.1 Å². The Morgan fingerprint density at radius 2 is 1.73 bits per heavy atom. The van der Waals surface area contributed by atoms with Crippen LogP contribution in [0.2, 0.25) is 0 Å². The van der Waals surface area contributed by atoms with E-state index in [2.05, 4.69) is 50.5 Å². The number of fused-ring (bicyclic) bond motifs is 1. The van der Waals surface area contributed by atoms with Gasteiger partial charge in [-0.25, -0.2) is 9.97 Å². The highest BCUT2D eigenvalue weighted by atomic mass is 16.5. The van der Waals surface area contributed by atoms with Gasteiger partial charge in [0.2, 0.25) is 0 Å². The van der Waals surface area contributed by atoms with Crippen molar-refractivity contribution in [1.29, 1.82) is 0 Å². The van der Waals surface area contributed by atoms with E-state index in [0.29, 0.717) is 23.4 Å². The van der Waals surface area contributed by atoms with E-state index in [0.717, 1.165) is 49.2 Å². The Balaban J connectivity index is 1.50. The number of aromatic nitrogens is 2. The maximum atomic E-state index is 5.85. The van der Waals surface area contributed by atoms with E-state index in [-0.39, 0.29) is 6.54 Å². The molecule has 0 atom stereocenters. The van der Waals surface area contributed by atoms with Crippen LogP contribution in [0.15, 0.2) is 42.5 Å². The molecule has 4 rings (SSSR count). The normalized spacial score (nSPS) is 15.3. The van der Waals surface area contributed by atoms with Crippen molar-refractivity contribution in [3.8, 4) is 11.5 Å². The molecule has 3 aromatic rings. The number of nitrogens with zero attached hydrogens (tertiary/aromatic N) is 3. The first kappa shape index (κ1) is 20.4. The summed E-state index contributed by atoms with van der Waals surface area (Å²) in [5.41, 5.74) is 8.00. The second-order valence-electron chi connectivity index (χ2n) is 7.60. The Bertz CT molecular complexity index is 988. The maximum absolute atomic E-state index is 5.85. The zero-order valence-electron chi connectivity index (χ0n) is 17.6. The molecular formula is C23H29N5O2. The summed E-state index contributed by atoms with van der Waals surface area (Å²) in [7, 11) is 3.26. The van der Waals surface area contributed by atoms with Crippen LogP contribution < -0.4 is 20.5 Å². The number of ether oxygens (including phenoxy) is 2. The molecule has 1 aliphatic rings. The summed E-state index contributed by atoms with van der Waals surface area (Å²) in [4.78, 5) is 11.7. The number of nitrogens with one attached hydrogen (secondary N) is 1. The molecule has 3 N–H and O–H groups in total. The predicted molar refractivity (Wildman–Crippen MR) is 119 cm³/mol. The van der Waals surface area contributed by atoms with Crippen molar-refractivity contribution < 1.29 is 9.47 Å². The second-order valence-corrected chi connectivity index (χ2v) is 7.60. The van der Waals surface area contributed by atoms with Crippen LogP contribution in [-0.4, -0.2) is 48.2 Å². The standard InChI is InChI=1S/C23H29N5O2/c1-29-20-12-18-19(13-21(20)30-2)26-22(14-24)27-23(18)25-17-8-10-28(11-9-17)15-16-6-4-3-5-7-16/h3-7,12-13,17H,8-11,14-15,24H2,1-2H3,(H,25,26,27). The van der Waals surface area contributed by atoms with Crippen molar-refractivity contribution in [3.05, 3.63) is 53.9 Å². The first-order chi connectivity index (χ1) is 14.7. The number of benzene rings is 2. The molecular weight excluding hydrogens is 378 g/mol. The van der Waals surface area contributed by atoms with E-state index in [9.17, 15) is 0 Å². The topological polar surface area (TPSA) is 85.5 Å². The number of anilines is 1. The Kier molecular flexibility index (Phi) is 6.30. The number of hydrogen-bond acceptors (Lipinski definition) is 7. The third kappa shape index (κ3) is 4.47. The van der Waals surface area contributed by atoms with Gasteiger partial charge in [0.25, 0.3) is 0 Å². The number of likely N-dealkylation sites (tertiary alicyclic amines) is 1. The van der Waals surface area contributed by atoms with Crippen molar-refractivity contribution in [2.45, 2.75) is 32.0 Å². The van der Waals surface area contributed by atoms with Crippen LogP contribution in [-0.2, 0) is 13.1 Å². The minimum atomic E-state index is 0.286. The molecule has 7 nitrogen and oxygen atoms in total. The molecule has 158 valence electrons. The molecule has 0 aliphatic carbocycles. The van der Waals surface area contributed by atoms with E-state index in [1.165, 1.54) is 5.56 Å². The van der Waals surface area contributed by atoms with Gasteiger partial charge in [-0.2, -0.15) is 0 Å². The summed E-state index contributed by atoms with van der Waals surface area (Å²) in [5.74, 6) is 2.73. The molecule has 0 unspecified atom stereocenters. The first-order valence-corrected chi connectivity index (χ1v) is 10.4.